The van der Waals surface area contributed by atoms with E-state index in [9.17, 15) is 9.18 Å². The van der Waals surface area contributed by atoms with Gasteiger partial charge in [0.15, 0.2) is 0 Å². The van der Waals surface area contributed by atoms with Gasteiger partial charge in [0, 0.05) is 28.4 Å². The van der Waals surface area contributed by atoms with Crippen LogP contribution in [0.5, 0.6) is 0 Å². The molecule has 0 amide bonds. The number of aliphatic carboxylic acids is 1. The van der Waals surface area contributed by atoms with Gasteiger partial charge in [-0.15, -0.1) is 0 Å². The van der Waals surface area contributed by atoms with E-state index in [1.807, 2.05) is 13.8 Å². The molecular weight excluding hydrogens is 259 g/mol. The molecule has 1 aromatic heterocycles. The summed E-state index contributed by atoms with van der Waals surface area (Å²) in [4.78, 5) is 15.4. The Morgan fingerprint density at radius 2 is 2.15 bits per heavy atom. The van der Waals surface area contributed by atoms with Gasteiger partial charge in [0.2, 0.25) is 0 Å². The third-order valence-corrected chi connectivity index (χ3v) is 3.02. The number of fused-ring (bicyclic) bond motifs is 1. The number of rotatable bonds is 4. The van der Waals surface area contributed by atoms with Crippen LogP contribution >= 0.6 is 0 Å². The first-order valence-electron chi connectivity index (χ1n) is 6.45. The number of aryl methyl sites for hydroxylation is 1. The number of nitrogens with zero attached hydrogens (tertiary/aromatic N) is 1. The van der Waals surface area contributed by atoms with Gasteiger partial charge < -0.3 is 10.4 Å². The van der Waals surface area contributed by atoms with E-state index in [0.717, 1.165) is 0 Å². The Labute approximate surface area is 116 Å². The summed E-state index contributed by atoms with van der Waals surface area (Å²) in [5, 5.41) is 12.9. The number of benzene rings is 1. The topological polar surface area (TPSA) is 62.2 Å². The van der Waals surface area contributed by atoms with Crippen molar-refractivity contribution >= 4 is 22.6 Å². The molecule has 1 heterocycles. The van der Waals surface area contributed by atoms with E-state index >= 15 is 0 Å². The Hall–Kier alpha value is -2.17. The number of hydrogen-bond donors (Lipinski definition) is 2. The second-order valence-electron chi connectivity index (χ2n) is 5.08. The molecule has 4 nitrogen and oxygen atoms in total. The Morgan fingerprint density at radius 1 is 1.45 bits per heavy atom. The van der Waals surface area contributed by atoms with E-state index in [0.29, 0.717) is 27.8 Å². The molecule has 0 fully saturated rings. The fourth-order valence-corrected chi connectivity index (χ4v) is 2.22. The van der Waals surface area contributed by atoms with Gasteiger partial charge in [-0.1, -0.05) is 0 Å². The van der Waals surface area contributed by atoms with Crippen molar-refractivity contribution in [3.63, 3.8) is 0 Å². The molecule has 2 N–H and O–H groups in total. The average molecular weight is 276 g/mol. The summed E-state index contributed by atoms with van der Waals surface area (Å²) >= 11 is 0. The highest BCUT2D eigenvalue weighted by Crippen LogP contribution is 2.30. The molecule has 0 spiro atoms. The maximum absolute atomic E-state index is 13.5. The van der Waals surface area contributed by atoms with E-state index in [4.69, 9.17) is 5.11 Å². The van der Waals surface area contributed by atoms with Crippen molar-refractivity contribution in [2.24, 2.45) is 0 Å². The van der Waals surface area contributed by atoms with Gasteiger partial charge >= 0.3 is 5.97 Å². The van der Waals surface area contributed by atoms with E-state index in [2.05, 4.69) is 10.3 Å². The third kappa shape index (κ3) is 2.87. The number of hydrogen-bond acceptors (Lipinski definition) is 3. The van der Waals surface area contributed by atoms with Gasteiger partial charge in [-0.05, 0) is 39.0 Å². The monoisotopic (exact) mass is 276 g/mol. The summed E-state index contributed by atoms with van der Waals surface area (Å²) in [6, 6.07) is 4.45. The molecule has 2 rings (SSSR count). The number of anilines is 1. The molecule has 0 aliphatic rings. The molecule has 0 atom stereocenters. The fourth-order valence-electron chi connectivity index (χ4n) is 2.22. The molecule has 5 heteroatoms. The Kier molecular flexibility index (Phi) is 3.88. The highest BCUT2D eigenvalue weighted by Gasteiger charge is 2.16. The number of nitrogens with one attached hydrogen (secondary N) is 1. The van der Waals surface area contributed by atoms with E-state index in [-0.39, 0.29) is 18.3 Å². The van der Waals surface area contributed by atoms with E-state index in [1.54, 1.807) is 13.0 Å². The molecule has 0 unspecified atom stereocenters. The summed E-state index contributed by atoms with van der Waals surface area (Å²) in [7, 11) is 0. The van der Waals surface area contributed by atoms with Crippen LogP contribution in [0.1, 0.15) is 25.1 Å². The van der Waals surface area contributed by atoms with E-state index in [1.165, 1.54) is 12.1 Å². The lowest BCUT2D eigenvalue weighted by Gasteiger charge is -2.18. The Balaban J connectivity index is 2.74. The largest absolute Gasteiger partial charge is 0.481 e. The number of carboxylic acid groups (broad SMARTS) is 1. The highest BCUT2D eigenvalue weighted by atomic mass is 19.1. The molecule has 1 aromatic carbocycles. The maximum Gasteiger partial charge on any atom is 0.307 e. The molecule has 0 saturated heterocycles. The Morgan fingerprint density at radius 3 is 2.75 bits per heavy atom. The fraction of sp³-hybridized carbons (Fsp3) is 0.333. The Bertz CT molecular complexity index is 668. The lowest BCUT2D eigenvalue weighted by atomic mass is 10.0. The van der Waals surface area contributed by atoms with Crippen LogP contribution in [0.2, 0.25) is 0 Å². The van der Waals surface area contributed by atoms with Gasteiger partial charge in [-0.2, -0.15) is 0 Å². The minimum absolute atomic E-state index is 0.107. The normalized spacial score (nSPS) is 11.1. The van der Waals surface area contributed by atoms with Crippen LogP contribution in [-0.4, -0.2) is 22.1 Å². The zero-order valence-corrected chi connectivity index (χ0v) is 11.7. The van der Waals surface area contributed by atoms with Gasteiger partial charge in [-0.25, -0.2) is 4.39 Å². The molecule has 106 valence electrons. The zero-order chi connectivity index (χ0) is 14.9. The summed E-state index contributed by atoms with van der Waals surface area (Å²) in [5.74, 6) is -1.30. The minimum atomic E-state index is -0.933. The third-order valence-electron chi connectivity index (χ3n) is 3.02. The number of halogens is 1. The molecular formula is C15H17FN2O2. The summed E-state index contributed by atoms with van der Waals surface area (Å²) < 4.78 is 13.5. The van der Waals surface area contributed by atoms with Crippen molar-refractivity contribution in [2.75, 3.05) is 5.32 Å². The molecule has 2 aromatic rings. The van der Waals surface area contributed by atoms with Crippen molar-refractivity contribution in [3.8, 4) is 0 Å². The minimum Gasteiger partial charge on any atom is -0.481 e. The van der Waals surface area contributed by atoms with Crippen molar-refractivity contribution < 1.29 is 14.3 Å². The number of carbonyl (C=O) groups is 1. The van der Waals surface area contributed by atoms with Crippen LogP contribution in [-0.2, 0) is 11.2 Å². The predicted molar refractivity (Wildman–Crippen MR) is 76.5 cm³/mol. The van der Waals surface area contributed by atoms with Crippen molar-refractivity contribution in [1.29, 1.82) is 0 Å². The van der Waals surface area contributed by atoms with Gasteiger partial charge in [0.05, 0.1) is 11.9 Å². The maximum atomic E-state index is 13.5. The van der Waals surface area contributed by atoms with Gasteiger partial charge in [0.25, 0.3) is 0 Å². The lowest BCUT2D eigenvalue weighted by molar-refractivity contribution is -0.136. The second kappa shape index (κ2) is 5.45. The van der Waals surface area contributed by atoms with Crippen LogP contribution in [0.25, 0.3) is 10.9 Å². The lowest BCUT2D eigenvalue weighted by Crippen LogP contribution is -2.15. The van der Waals surface area contributed by atoms with Crippen LogP contribution in [0.3, 0.4) is 0 Å². The molecule has 20 heavy (non-hydrogen) atoms. The number of carboxylic acids is 1. The second-order valence-corrected chi connectivity index (χ2v) is 5.08. The summed E-state index contributed by atoms with van der Waals surface area (Å²) in [6.07, 6.45) is -0.139. The molecule has 0 bridgehead atoms. The van der Waals surface area contributed by atoms with Crippen LogP contribution in [0, 0.1) is 12.7 Å². The average Bonchev–Trinajstić information content (AvgIpc) is 2.33. The van der Waals surface area contributed by atoms with Crippen LogP contribution < -0.4 is 5.32 Å². The summed E-state index contributed by atoms with van der Waals surface area (Å²) in [5.41, 5.74) is 2.56. The quantitative estimate of drug-likeness (QED) is 0.900. The highest BCUT2D eigenvalue weighted by molar-refractivity contribution is 5.95. The molecule has 0 aliphatic heterocycles. The molecule has 0 aliphatic carbocycles. The van der Waals surface area contributed by atoms with Crippen molar-refractivity contribution in [1.82, 2.24) is 4.98 Å². The zero-order valence-electron chi connectivity index (χ0n) is 11.7. The molecule has 0 radical (unpaired) electrons. The van der Waals surface area contributed by atoms with Crippen molar-refractivity contribution in [2.45, 2.75) is 33.2 Å². The van der Waals surface area contributed by atoms with Crippen LogP contribution in [0.15, 0.2) is 18.2 Å². The smallest absolute Gasteiger partial charge is 0.307 e. The molecule has 0 saturated carbocycles. The van der Waals surface area contributed by atoms with Gasteiger partial charge in [0.1, 0.15) is 5.82 Å². The SMILES string of the molecule is Cc1nc2ccc(F)cc2c(NC(C)C)c1CC(=O)O. The van der Waals surface area contributed by atoms with Crippen molar-refractivity contribution in [3.05, 3.63) is 35.3 Å². The predicted octanol–water partition coefficient (Wildman–Crippen LogP) is 3.13. The summed E-state index contributed by atoms with van der Waals surface area (Å²) in [6.45, 7) is 5.67. The first-order chi connectivity index (χ1) is 9.38. The first kappa shape index (κ1) is 14.2. The van der Waals surface area contributed by atoms with Crippen LogP contribution in [0.4, 0.5) is 10.1 Å². The van der Waals surface area contributed by atoms with E-state index < -0.39 is 5.97 Å². The number of pyridine rings is 1. The number of aromatic nitrogens is 1. The van der Waals surface area contributed by atoms with Gasteiger partial charge in [-0.3, -0.25) is 9.78 Å². The standard InChI is InChI=1S/C15H17FN2O2/c1-8(2)17-15-11(7-14(19)20)9(3)18-13-5-4-10(16)6-12(13)15/h4-6,8H,7H2,1-3H3,(H,17,18)(H,19,20). The first-order valence-corrected chi connectivity index (χ1v) is 6.45.